The van der Waals surface area contributed by atoms with E-state index in [-0.39, 0.29) is 23.5 Å². The molecule has 1 saturated heterocycles. The lowest BCUT2D eigenvalue weighted by Gasteiger charge is -2.02. The van der Waals surface area contributed by atoms with Gasteiger partial charge in [-0.05, 0) is 11.8 Å². The van der Waals surface area contributed by atoms with E-state index in [0.717, 1.165) is 4.91 Å². The van der Waals surface area contributed by atoms with Crippen molar-refractivity contribution in [2.75, 3.05) is 0 Å². The molecule has 3 nitrogen and oxygen atoms in total. The summed E-state index contributed by atoms with van der Waals surface area (Å²) >= 11 is 1.35. The fourth-order valence-electron chi connectivity index (χ4n) is 0.868. The van der Waals surface area contributed by atoms with Crippen molar-refractivity contribution in [1.82, 2.24) is 5.32 Å². The van der Waals surface area contributed by atoms with Crippen LogP contribution in [0.2, 0.25) is 0 Å². The van der Waals surface area contributed by atoms with Gasteiger partial charge in [-0.25, -0.2) is 0 Å². The molecule has 60 valence electrons. The molecule has 0 saturated carbocycles. The maximum absolute atomic E-state index is 10.9. The van der Waals surface area contributed by atoms with Crippen molar-refractivity contribution >= 4 is 23.6 Å². The second kappa shape index (κ2) is 3.09. The van der Waals surface area contributed by atoms with Crippen LogP contribution in [0.4, 0.5) is 0 Å². The number of imide groups is 1. The fraction of sp³-hybridized carbons (Fsp3) is 0.429. The summed E-state index contributed by atoms with van der Waals surface area (Å²) < 4.78 is 0. The molecule has 0 bridgehead atoms. The second-order valence-corrected chi connectivity index (χ2v) is 3.93. The quantitative estimate of drug-likeness (QED) is 0.621. The molecule has 1 N–H and O–H groups in total. The molecule has 11 heavy (non-hydrogen) atoms. The molecule has 1 fully saturated rings. The van der Waals surface area contributed by atoms with Crippen LogP contribution in [0.5, 0.6) is 0 Å². The molecule has 0 aromatic carbocycles. The van der Waals surface area contributed by atoms with Gasteiger partial charge < -0.3 is 0 Å². The van der Waals surface area contributed by atoms with Crippen molar-refractivity contribution in [2.45, 2.75) is 18.6 Å². The number of amides is 2. The third-order valence-electron chi connectivity index (χ3n) is 1.27. The van der Waals surface area contributed by atoms with Crippen molar-refractivity contribution in [2.24, 2.45) is 0 Å². The first kappa shape index (κ1) is 8.33. The zero-order valence-corrected chi connectivity index (χ0v) is 7.03. The van der Waals surface area contributed by atoms with Crippen LogP contribution >= 0.6 is 11.8 Å². The summed E-state index contributed by atoms with van der Waals surface area (Å²) in [5.41, 5.74) is 0. The van der Waals surface area contributed by atoms with Crippen molar-refractivity contribution in [3.8, 4) is 0 Å². The molecule has 0 radical (unpaired) electrons. The van der Waals surface area contributed by atoms with Crippen LogP contribution in [0.3, 0.4) is 0 Å². The SMILES string of the molecule is C=C(C)SC1CC(=O)NC1=O. The molecule has 1 atom stereocenters. The Morgan fingerprint density at radius 1 is 1.73 bits per heavy atom. The van der Waals surface area contributed by atoms with E-state index in [4.69, 9.17) is 0 Å². The van der Waals surface area contributed by atoms with E-state index in [2.05, 4.69) is 11.9 Å². The predicted molar refractivity (Wildman–Crippen MR) is 44.0 cm³/mol. The molecule has 4 heteroatoms. The Balaban J connectivity index is 2.53. The smallest absolute Gasteiger partial charge is 0.240 e. The first-order valence-electron chi connectivity index (χ1n) is 3.25. The number of rotatable bonds is 2. The predicted octanol–water partition coefficient (Wildman–Crippen LogP) is 0.668. The van der Waals surface area contributed by atoms with Crippen molar-refractivity contribution < 1.29 is 9.59 Å². The van der Waals surface area contributed by atoms with Crippen LogP contribution < -0.4 is 5.32 Å². The summed E-state index contributed by atoms with van der Waals surface area (Å²) in [6.45, 7) is 5.47. The minimum absolute atomic E-state index is 0.186. The van der Waals surface area contributed by atoms with Crippen LogP contribution in [0.25, 0.3) is 0 Å². The number of carbonyl (C=O) groups excluding carboxylic acids is 2. The second-order valence-electron chi connectivity index (χ2n) is 2.43. The van der Waals surface area contributed by atoms with Crippen molar-refractivity contribution in [1.29, 1.82) is 0 Å². The monoisotopic (exact) mass is 171 g/mol. The van der Waals surface area contributed by atoms with E-state index >= 15 is 0 Å². The molecule has 1 heterocycles. The standard InChI is InChI=1S/C7H9NO2S/c1-4(2)11-5-3-6(9)8-7(5)10/h5H,1,3H2,2H3,(H,8,9,10). The Bertz CT molecular complexity index is 224. The largest absolute Gasteiger partial charge is 0.295 e. The number of thioether (sulfide) groups is 1. The zero-order valence-electron chi connectivity index (χ0n) is 6.22. The van der Waals surface area contributed by atoms with Crippen LogP contribution in [-0.2, 0) is 9.59 Å². The molecule has 0 aliphatic carbocycles. The molecule has 1 aliphatic rings. The molecular formula is C7H9NO2S. The Morgan fingerprint density at radius 2 is 2.36 bits per heavy atom. The average molecular weight is 171 g/mol. The van der Waals surface area contributed by atoms with Gasteiger partial charge in [0.25, 0.3) is 0 Å². The molecular weight excluding hydrogens is 162 g/mol. The van der Waals surface area contributed by atoms with Gasteiger partial charge in [-0.2, -0.15) is 0 Å². The Hall–Kier alpha value is -0.770. The topological polar surface area (TPSA) is 46.2 Å². The zero-order chi connectivity index (χ0) is 8.43. The number of hydrogen-bond donors (Lipinski definition) is 1. The molecule has 1 unspecified atom stereocenters. The maximum Gasteiger partial charge on any atom is 0.240 e. The molecule has 1 aliphatic heterocycles. The number of carbonyl (C=O) groups is 2. The van der Waals surface area contributed by atoms with Crippen LogP contribution in [0, 0.1) is 0 Å². The molecule has 1 rings (SSSR count). The molecule has 0 aromatic heterocycles. The van der Waals surface area contributed by atoms with Gasteiger partial charge in [-0.1, -0.05) is 6.58 Å². The molecule has 0 spiro atoms. The molecule has 0 aromatic rings. The summed E-state index contributed by atoms with van der Waals surface area (Å²) in [5.74, 6) is -0.378. The Labute approximate surface area is 69.2 Å². The number of nitrogens with one attached hydrogen (secondary N) is 1. The molecule has 2 amide bonds. The van der Waals surface area contributed by atoms with E-state index in [9.17, 15) is 9.59 Å². The lowest BCUT2D eigenvalue weighted by atomic mass is 10.4. The minimum atomic E-state index is -0.250. The minimum Gasteiger partial charge on any atom is -0.295 e. The highest BCUT2D eigenvalue weighted by Gasteiger charge is 2.30. The van der Waals surface area contributed by atoms with E-state index in [1.54, 1.807) is 0 Å². The van der Waals surface area contributed by atoms with Gasteiger partial charge in [0.05, 0.1) is 5.25 Å². The van der Waals surface area contributed by atoms with Gasteiger partial charge in [0, 0.05) is 6.42 Å². The lowest BCUT2D eigenvalue weighted by molar-refractivity contribution is -0.124. The van der Waals surface area contributed by atoms with Gasteiger partial charge in [0.15, 0.2) is 0 Å². The highest BCUT2D eigenvalue weighted by atomic mass is 32.2. The lowest BCUT2D eigenvalue weighted by Crippen LogP contribution is -2.22. The normalized spacial score (nSPS) is 23.5. The Morgan fingerprint density at radius 3 is 2.73 bits per heavy atom. The third kappa shape index (κ3) is 2.08. The highest BCUT2D eigenvalue weighted by molar-refractivity contribution is 8.04. The summed E-state index contributed by atoms with van der Waals surface area (Å²) in [4.78, 5) is 22.5. The van der Waals surface area contributed by atoms with E-state index in [1.807, 2.05) is 6.92 Å². The summed E-state index contributed by atoms with van der Waals surface area (Å²) in [6, 6.07) is 0. The van der Waals surface area contributed by atoms with E-state index in [0.29, 0.717) is 0 Å². The van der Waals surface area contributed by atoms with Crippen molar-refractivity contribution in [3.05, 3.63) is 11.5 Å². The van der Waals surface area contributed by atoms with Crippen molar-refractivity contribution in [3.63, 3.8) is 0 Å². The highest BCUT2D eigenvalue weighted by Crippen LogP contribution is 2.24. The Kier molecular flexibility index (Phi) is 2.34. The first-order chi connectivity index (χ1) is 5.09. The number of allylic oxidation sites excluding steroid dienone is 1. The van der Waals surface area contributed by atoms with Crippen LogP contribution in [0.15, 0.2) is 11.5 Å². The number of hydrogen-bond acceptors (Lipinski definition) is 3. The van der Waals surface area contributed by atoms with E-state index in [1.165, 1.54) is 11.8 Å². The fourth-order valence-corrected chi connectivity index (χ4v) is 1.75. The van der Waals surface area contributed by atoms with Gasteiger partial charge in [-0.15, -0.1) is 11.8 Å². The van der Waals surface area contributed by atoms with Crippen LogP contribution in [0.1, 0.15) is 13.3 Å². The summed E-state index contributed by atoms with van der Waals surface area (Å²) in [5, 5.41) is 1.98. The first-order valence-corrected chi connectivity index (χ1v) is 4.13. The maximum atomic E-state index is 10.9. The van der Waals surface area contributed by atoms with Gasteiger partial charge in [-0.3, -0.25) is 14.9 Å². The van der Waals surface area contributed by atoms with Gasteiger partial charge >= 0.3 is 0 Å². The average Bonchev–Trinajstić information content (AvgIpc) is 2.09. The van der Waals surface area contributed by atoms with E-state index < -0.39 is 0 Å². The van der Waals surface area contributed by atoms with Crippen LogP contribution in [-0.4, -0.2) is 17.1 Å². The van der Waals surface area contributed by atoms with Gasteiger partial charge in [0.1, 0.15) is 0 Å². The summed E-state index contributed by atoms with van der Waals surface area (Å²) in [7, 11) is 0. The van der Waals surface area contributed by atoms with Gasteiger partial charge in [0.2, 0.25) is 11.8 Å². The third-order valence-corrected chi connectivity index (χ3v) is 2.34. The summed E-state index contributed by atoms with van der Waals surface area (Å²) in [6.07, 6.45) is 0.288.